The van der Waals surface area contributed by atoms with Crippen LogP contribution in [0, 0.1) is 11.7 Å². The maximum absolute atomic E-state index is 13.3. The first-order chi connectivity index (χ1) is 14.3. The van der Waals surface area contributed by atoms with Gasteiger partial charge in [-0.15, -0.1) is 0 Å². The largest absolute Gasteiger partial charge is 0.481 e. The Balaban J connectivity index is 1.81. The number of ketones is 2. The number of piperidine rings is 1. The summed E-state index contributed by atoms with van der Waals surface area (Å²) in [6.45, 7) is 0.169. The first kappa shape index (κ1) is 21.2. The van der Waals surface area contributed by atoms with E-state index in [0.29, 0.717) is 17.7 Å². The summed E-state index contributed by atoms with van der Waals surface area (Å²) in [5, 5.41) is 8.85. The number of carboxylic acids is 1. The van der Waals surface area contributed by atoms with Crippen LogP contribution in [0.25, 0.3) is 0 Å². The van der Waals surface area contributed by atoms with E-state index in [1.54, 1.807) is 30.3 Å². The summed E-state index contributed by atoms with van der Waals surface area (Å²) in [7, 11) is 0. The van der Waals surface area contributed by atoms with Gasteiger partial charge in [0.1, 0.15) is 18.0 Å². The molecule has 1 aliphatic rings. The van der Waals surface area contributed by atoms with Crippen molar-refractivity contribution in [2.24, 2.45) is 5.92 Å². The number of halogens is 1. The van der Waals surface area contributed by atoms with Crippen LogP contribution >= 0.6 is 0 Å². The molecule has 1 N–H and O–H groups in total. The summed E-state index contributed by atoms with van der Waals surface area (Å²) in [4.78, 5) is 49.6. The summed E-state index contributed by atoms with van der Waals surface area (Å²) in [5.41, 5.74) is 0.647. The predicted molar refractivity (Wildman–Crippen MR) is 104 cm³/mol. The first-order valence-corrected chi connectivity index (χ1v) is 9.41. The normalized spacial score (nSPS) is 18.5. The number of amides is 1. The van der Waals surface area contributed by atoms with Gasteiger partial charge in [-0.25, -0.2) is 9.18 Å². The molecule has 0 bridgehead atoms. The number of rotatable bonds is 6. The molecule has 1 aliphatic heterocycles. The number of Topliss-reactive ketones (excluding diaryl/α,β-unsaturated/α-hetero) is 2. The average molecular weight is 413 g/mol. The van der Waals surface area contributed by atoms with Crippen LogP contribution in [0.4, 0.5) is 9.18 Å². The molecule has 1 saturated heterocycles. The van der Waals surface area contributed by atoms with E-state index in [0.717, 1.165) is 0 Å². The van der Waals surface area contributed by atoms with Crippen LogP contribution in [0.15, 0.2) is 54.6 Å². The molecule has 2 atom stereocenters. The maximum Gasteiger partial charge on any atom is 0.415 e. The topological polar surface area (TPSA) is 101 Å². The monoisotopic (exact) mass is 413 g/mol. The highest BCUT2D eigenvalue weighted by atomic mass is 19.1. The highest BCUT2D eigenvalue weighted by molar-refractivity contribution is 6.40. The molecule has 0 saturated carbocycles. The second-order valence-corrected chi connectivity index (χ2v) is 7.04. The average Bonchev–Trinajstić information content (AvgIpc) is 2.73. The lowest BCUT2D eigenvalue weighted by atomic mass is 9.77. The van der Waals surface area contributed by atoms with E-state index >= 15 is 0 Å². The molecular formula is C22H20FNO6. The first-order valence-electron chi connectivity index (χ1n) is 9.41. The Morgan fingerprint density at radius 3 is 2.33 bits per heavy atom. The number of carboxylic acid groups (broad SMARTS) is 1. The van der Waals surface area contributed by atoms with Crippen molar-refractivity contribution < 1.29 is 33.4 Å². The van der Waals surface area contributed by atoms with Gasteiger partial charge in [0.05, 0.1) is 5.92 Å². The van der Waals surface area contributed by atoms with E-state index in [1.165, 1.54) is 29.2 Å². The third-order valence-corrected chi connectivity index (χ3v) is 5.04. The number of hydrogen-bond acceptors (Lipinski definition) is 5. The summed E-state index contributed by atoms with van der Waals surface area (Å²) in [6.07, 6.45) is -1.24. The molecule has 156 valence electrons. The molecular weight excluding hydrogens is 393 g/mol. The number of carbonyl (C=O) groups excluding carboxylic acids is 3. The zero-order chi connectivity index (χ0) is 21.7. The molecule has 0 aliphatic carbocycles. The SMILES string of the molecule is O=C(O)CC(=O)C(=O)[C@@H]1CN(C(=O)Oc2ccccc2)CC[C@H]1c1ccc(F)cc1. The molecule has 1 amide bonds. The zero-order valence-electron chi connectivity index (χ0n) is 16.0. The van der Waals surface area contributed by atoms with Gasteiger partial charge in [0.25, 0.3) is 0 Å². The summed E-state index contributed by atoms with van der Waals surface area (Å²) >= 11 is 0. The van der Waals surface area contributed by atoms with E-state index in [4.69, 9.17) is 9.84 Å². The smallest absolute Gasteiger partial charge is 0.415 e. The molecule has 2 aromatic carbocycles. The summed E-state index contributed by atoms with van der Waals surface area (Å²) in [5.74, 6) is -4.78. The number of nitrogens with zero attached hydrogens (tertiary/aromatic N) is 1. The second kappa shape index (κ2) is 9.30. The van der Waals surface area contributed by atoms with Gasteiger partial charge < -0.3 is 14.7 Å². The van der Waals surface area contributed by atoms with Gasteiger partial charge in [-0.1, -0.05) is 30.3 Å². The second-order valence-electron chi connectivity index (χ2n) is 7.04. The molecule has 0 radical (unpaired) electrons. The standard InChI is InChI=1S/C22H20FNO6/c23-15-8-6-14(7-9-15)17-10-11-24(22(29)30-16-4-2-1-3-5-16)13-18(17)21(28)19(25)12-20(26)27/h1-9,17-18H,10-13H2,(H,26,27)/t17-,18+/m0/s1. The van der Waals surface area contributed by atoms with Gasteiger partial charge >= 0.3 is 12.1 Å². The van der Waals surface area contributed by atoms with E-state index in [9.17, 15) is 23.6 Å². The Labute approximate surface area is 172 Å². The van der Waals surface area contributed by atoms with Crippen LogP contribution in [0.2, 0.25) is 0 Å². The van der Waals surface area contributed by atoms with E-state index in [2.05, 4.69) is 0 Å². The third-order valence-electron chi connectivity index (χ3n) is 5.04. The fraction of sp³-hybridized carbons (Fsp3) is 0.273. The summed E-state index contributed by atoms with van der Waals surface area (Å²) < 4.78 is 18.6. The molecule has 1 fully saturated rings. The lowest BCUT2D eigenvalue weighted by molar-refractivity contribution is -0.146. The molecule has 7 nitrogen and oxygen atoms in total. The van der Waals surface area contributed by atoms with Gasteiger partial charge in [-0.2, -0.15) is 0 Å². The van der Waals surface area contributed by atoms with Gasteiger partial charge in [0, 0.05) is 13.1 Å². The molecule has 0 unspecified atom stereocenters. The Morgan fingerprint density at radius 2 is 1.70 bits per heavy atom. The molecule has 2 aromatic rings. The number of aliphatic carboxylic acids is 1. The molecule has 0 spiro atoms. The Hall–Kier alpha value is -3.55. The van der Waals surface area contributed by atoms with Crippen LogP contribution in [-0.4, -0.2) is 46.7 Å². The summed E-state index contributed by atoms with van der Waals surface area (Å²) in [6, 6.07) is 14.0. The van der Waals surface area contributed by atoms with Crippen molar-refractivity contribution >= 4 is 23.6 Å². The number of likely N-dealkylation sites (tertiary alicyclic amines) is 1. The van der Waals surface area contributed by atoms with Gasteiger partial charge in [0.15, 0.2) is 0 Å². The molecule has 0 aromatic heterocycles. The number of benzene rings is 2. The predicted octanol–water partition coefficient (Wildman–Crippen LogP) is 3.04. The van der Waals surface area contributed by atoms with Crippen LogP contribution in [0.1, 0.15) is 24.3 Å². The van der Waals surface area contributed by atoms with Crippen molar-refractivity contribution in [3.8, 4) is 5.75 Å². The van der Waals surface area contributed by atoms with Gasteiger partial charge in [-0.3, -0.25) is 14.4 Å². The van der Waals surface area contributed by atoms with Crippen molar-refractivity contribution in [1.82, 2.24) is 4.90 Å². The number of hydrogen-bond donors (Lipinski definition) is 1. The van der Waals surface area contributed by atoms with E-state index in [-0.39, 0.29) is 13.1 Å². The minimum Gasteiger partial charge on any atom is -0.481 e. The van der Waals surface area contributed by atoms with Crippen LogP contribution in [0.3, 0.4) is 0 Å². The van der Waals surface area contributed by atoms with Gasteiger partial charge in [-0.05, 0) is 42.2 Å². The van der Waals surface area contributed by atoms with Crippen molar-refractivity contribution in [3.63, 3.8) is 0 Å². The molecule has 3 rings (SSSR count). The van der Waals surface area contributed by atoms with Gasteiger partial charge in [0.2, 0.25) is 11.6 Å². The molecule has 8 heteroatoms. The fourth-order valence-corrected chi connectivity index (χ4v) is 3.58. The van der Waals surface area contributed by atoms with E-state index < -0.39 is 47.7 Å². The fourth-order valence-electron chi connectivity index (χ4n) is 3.58. The van der Waals surface area contributed by atoms with Crippen molar-refractivity contribution in [2.75, 3.05) is 13.1 Å². The van der Waals surface area contributed by atoms with Crippen LogP contribution < -0.4 is 4.74 Å². The molecule has 30 heavy (non-hydrogen) atoms. The maximum atomic E-state index is 13.3. The lowest BCUT2D eigenvalue weighted by Gasteiger charge is -2.37. The highest BCUT2D eigenvalue weighted by Gasteiger charge is 2.40. The zero-order valence-corrected chi connectivity index (χ0v) is 16.0. The van der Waals surface area contributed by atoms with Crippen LogP contribution in [-0.2, 0) is 14.4 Å². The Bertz CT molecular complexity index is 944. The van der Waals surface area contributed by atoms with Crippen LogP contribution in [0.5, 0.6) is 5.75 Å². The lowest BCUT2D eigenvalue weighted by Crippen LogP contribution is -2.48. The minimum absolute atomic E-state index is 0.0993. The third kappa shape index (κ3) is 5.08. The molecule has 1 heterocycles. The number of ether oxygens (including phenoxy) is 1. The van der Waals surface area contributed by atoms with E-state index in [1.807, 2.05) is 0 Å². The quantitative estimate of drug-likeness (QED) is 0.577. The Kier molecular flexibility index (Phi) is 6.56. The number of carbonyl (C=O) groups is 4. The highest BCUT2D eigenvalue weighted by Crippen LogP contribution is 2.34. The minimum atomic E-state index is -1.40. The number of para-hydroxylation sites is 1. The van der Waals surface area contributed by atoms with Crippen molar-refractivity contribution in [3.05, 3.63) is 66.0 Å². The van der Waals surface area contributed by atoms with Crippen molar-refractivity contribution in [2.45, 2.75) is 18.8 Å². The Morgan fingerprint density at radius 1 is 1.03 bits per heavy atom. The van der Waals surface area contributed by atoms with Crippen molar-refractivity contribution in [1.29, 1.82) is 0 Å².